The van der Waals surface area contributed by atoms with E-state index >= 15 is 0 Å². The minimum atomic E-state index is -0.940. The third-order valence-corrected chi connectivity index (χ3v) is 4.19. The Kier molecular flexibility index (Phi) is 3.50. The number of phenolic OH excluding ortho intramolecular Hbond substituents is 2. The van der Waals surface area contributed by atoms with Crippen molar-refractivity contribution in [1.82, 2.24) is 0 Å². The van der Waals surface area contributed by atoms with Crippen LogP contribution in [-0.2, 0) is 6.42 Å². The molecule has 0 spiro atoms. The number of aliphatic hydroxyl groups is 3. The van der Waals surface area contributed by atoms with Crippen molar-refractivity contribution in [3.63, 3.8) is 0 Å². The van der Waals surface area contributed by atoms with Gasteiger partial charge in [-0.1, -0.05) is 6.08 Å². The molecule has 0 radical (unpaired) electrons. The van der Waals surface area contributed by atoms with E-state index in [9.17, 15) is 25.5 Å². The molecule has 1 aromatic carbocycles. The molecule has 2 aliphatic rings. The summed E-state index contributed by atoms with van der Waals surface area (Å²) in [5.74, 6) is -0.0878. The van der Waals surface area contributed by atoms with Crippen molar-refractivity contribution in [3.8, 4) is 17.2 Å². The lowest BCUT2D eigenvalue weighted by Gasteiger charge is -2.34. The quantitative estimate of drug-likeness (QED) is 0.535. The summed E-state index contributed by atoms with van der Waals surface area (Å²) in [6.45, 7) is 1.65. The van der Waals surface area contributed by atoms with Crippen molar-refractivity contribution in [3.05, 3.63) is 40.7 Å². The van der Waals surface area contributed by atoms with Crippen molar-refractivity contribution < 1.29 is 30.3 Å². The van der Waals surface area contributed by atoms with Crippen LogP contribution in [0.5, 0.6) is 17.2 Å². The maximum absolute atomic E-state index is 10.3. The highest BCUT2D eigenvalue weighted by atomic mass is 16.5. The van der Waals surface area contributed by atoms with Crippen LogP contribution in [0.15, 0.2) is 35.1 Å². The Balaban J connectivity index is 1.97. The summed E-state index contributed by atoms with van der Waals surface area (Å²) in [6.07, 6.45) is -0.453. The number of hydrogen-bond acceptors (Lipinski definition) is 6. The summed E-state index contributed by atoms with van der Waals surface area (Å²) in [4.78, 5) is 0. The van der Waals surface area contributed by atoms with E-state index in [1.165, 1.54) is 12.1 Å². The topological polar surface area (TPSA) is 110 Å². The van der Waals surface area contributed by atoms with Crippen molar-refractivity contribution in [2.24, 2.45) is 0 Å². The van der Waals surface area contributed by atoms with Gasteiger partial charge in [-0.2, -0.15) is 0 Å². The predicted octanol–water partition coefficient (Wildman–Crippen LogP) is 1.29. The van der Waals surface area contributed by atoms with Crippen LogP contribution in [-0.4, -0.2) is 43.8 Å². The average Bonchev–Trinajstić information content (AvgIpc) is 2.46. The zero-order valence-electron chi connectivity index (χ0n) is 12.0. The van der Waals surface area contributed by atoms with Gasteiger partial charge in [-0.05, 0) is 24.5 Å². The van der Waals surface area contributed by atoms with E-state index in [1.807, 2.05) is 0 Å². The number of aromatic hydroxyl groups is 2. The molecule has 6 nitrogen and oxygen atoms in total. The molecule has 0 fully saturated rings. The highest BCUT2D eigenvalue weighted by molar-refractivity contribution is 5.52. The molecular formula is C16H18O6. The summed E-state index contributed by atoms with van der Waals surface area (Å²) >= 11 is 0. The number of fused-ring (bicyclic) bond motifs is 1. The van der Waals surface area contributed by atoms with Crippen molar-refractivity contribution in [1.29, 1.82) is 0 Å². The Morgan fingerprint density at radius 2 is 1.86 bits per heavy atom. The molecule has 118 valence electrons. The third-order valence-electron chi connectivity index (χ3n) is 4.19. The molecule has 1 aromatic rings. The standard InChI is InChI=1S/C16H18O6/c1-7-9(2-3-11(18)15(7)21)16-13(20)6-10-12(19)4-8(17)5-14(10)22-16/h2,4-5,11,13,16-21H,3,6H2,1H3/t11?,13-,16-/m1/s1. The van der Waals surface area contributed by atoms with Gasteiger partial charge in [0.05, 0.1) is 6.10 Å². The summed E-state index contributed by atoms with van der Waals surface area (Å²) in [5, 5.41) is 49.2. The fourth-order valence-corrected chi connectivity index (χ4v) is 2.96. The van der Waals surface area contributed by atoms with Crippen molar-refractivity contribution in [2.45, 2.75) is 38.1 Å². The lowest BCUT2D eigenvalue weighted by atomic mass is 9.86. The fourth-order valence-electron chi connectivity index (χ4n) is 2.96. The highest BCUT2D eigenvalue weighted by Gasteiger charge is 2.36. The van der Waals surface area contributed by atoms with E-state index < -0.39 is 18.3 Å². The molecule has 3 rings (SSSR count). The molecule has 0 amide bonds. The van der Waals surface area contributed by atoms with Crippen molar-refractivity contribution >= 4 is 0 Å². The van der Waals surface area contributed by atoms with Gasteiger partial charge in [-0.3, -0.25) is 0 Å². The molecule has 1 aliphatic heterocycles. The zero-order valence-corrected chi connectivity index (χ0v) is 12.0. The van der Waals surface area contributed by atoms with E-state index in [4.69, 9.17) is 4.74 Å². The number of rotatable bonds is 1. The zero-order chi connectivity index (χ0) is 16.0. The molecule has 0 saturated carbocycles. The Morgan fingerprint density at radius 1 is 1.14 bits per heavy atom. The number of hydrogen-bond donors (Lipinski definition) is 5. The molecule has 6 heteroatoms. The van der Waals surface area contributed by atoms with Gasteiger partial charge in [0.1, 0.15) is 35.2 Å². The Bertz CT molecular complexity index is 675. The average molecular weight is 306 g/mol. The van der Waals surface area contributed by atoms with Gasteiger partial charge in [-0.25, -0.2) is 0 Å². The third kappa shape index (κ3) is 2.30. The van der Waals surface area contributed by atoms with Crippen LogP contribution in [0.4, 0.5) is 0 Å². The number of benzene rings is 1. The predicted molar refractivity (Wildman–Crippen MR) is 77.9 cm³/mol. The van der Waals surface area contributed by atoms with Crippen LogP contribution in [0.25, 0.3) is 0 Å². The van der Waals surface area contributed by atoms with Gasteiger partial charge in [-0.15, -0.1) is 0 Å². The summed E-state index contributed by atoms with van der Waals surface area (Å²) in [5.41, 5.74) is 1.50. The van der Waals surface area contributed by atoms with Gasteiger partial charge >= 0.3 is 0 Å². The van der Waals surface area contributed by atoms with E-state index in [0.717, 1.165) is 0 Å². The molecule has 22 heavy (non-hydrogen) atoms. The van der Waals surface area contributed by atoms with E-state index in [2.05, 4.69) is 0 Å². The first-order valence-corrected chi connectivity index (χ1v) is 7.06. The van der Waals surface area contributed by atoms with E-state index in [1.54, 1.807) is 13.0 Å². The molecule has 1 unspecified atom stereocenters. The van der Waals surface area contributed by atoms with Crippen LogP contribution < -0.4 is 4.74 Å². The monoisotopic (exact) mass is 306 g/mol. The Morgan fingerprint density at radius 3 is 2.59 bits per heavy atom. The van der Waals surface area contributed by atoms with Crippen molar-refractivity contribution in [2.75, 3.05) is 0 Å². The molecule has 3 atom stereocenters. The smallest absolute Gasteiger partial charge is 0.150 e. The maximum atomic E-state index is 10.3. The molecular weight excluding hydrogens is 288 g/mol. The summed E-state index contributed by atoms with van der Waals surface area (Å²) in [6, 6.07) is 2.58. The second kappa shape index (κ2) is 5.23. The van der Waals surface area contributed by atoms with Gasteiger partial charge in [0.2, 0.25) is 0 Å². The Hall–Kier alpha value is -2.18. The van der Waals surface area contributed by atoms with Gasteiger partial charge in [0.25, 0.3) is 0 Å². The SMILES string of the molecule is CC1=C(O)C(O)CC=C1[C@H]1Oc2cc(O)cc(O)c2C[C@H]1O. The first-order chi connectivity index (χ1) is 10.4. The molecule has 1 aliphatic carbocycles. The number of phenols is 2. The lowest BCUT2D eigenvalue weighted by Crippen LogP contribution is -2.40. The van der Waals surface area contributed by atoms with Crippen LogP contribution in [0.3, 0.4) is 0 Å². The Labute approximate surface area is 127 Å². The number of ether oxygens (including phenoxy) is 1. The largest absolute Gasteiger partial charge is 0.509 e. The molecule has 5 N–H and O–H groups in total. The molecule has 1 heterocycles. The van der Waals surface area contributed by atoms with Crippen LogP contribution >= 0.6 is 0 Å². The molecule has 0 bridgehead atoms. The minimum Gasteiger partial charge on any atom is -0.509 e. The fraction of sp³-hybridized carbons (Fsp3) is 0.375. The lowest BCUT2D eigenvalue weighted by molar-refractivity contribution is 0.0408. The maximum Gasteiger partial charge on any atom is 0.150 e. The van der Waals surface area contributed by atoms with E-state index in [-0.39, 0.29) is 30.1 Å². The first kappa shape index (κ1) is 14.7. The van der Waals surface area contributed by atoms with Gasteiger partial charge < -0.3 is 30.3 Å². The highest BCUT2D eigenvalue weighted by Crippen LogP contribution is 2.41. The van der Waals surface area contributed by atoms with Crippen LogP contribution in [0, 0.1) is 0 Å². The number of aliphatic hydroxyl groups excluding tert-OH is 3. The molecule has 0 aromatic heterocycles. The van der Waals surface area contributed by atoms with Gasteiger partial charge in [0.15, 0.2) is 0 Å². The van der Waals surface area contributed by atoms with E-state index in [0.29, 0.717) is 22.5 Å². The van der Waals surface area contributed by atoms with Gasteiger partial charge in [0, 0.05) is 24.1 Å². The molecule has 0 saturated heterocycles. The second-order valence-electron chi connectivity index (χ2n) is 5.67. The van der Waals surface area contributed by atoms with Crippen LogP contribution in [0.1, 0.15) is 18.9 Å². The minimum absolute atomic E-state index is 0.127. The summed E-state index contributed by atoms with van der Waals surface area (Å²) in [7, 11) is 0. The first-order valence-electron chi connectivity index (χ1n) is 7.06. The second-order valence-corrected chi connectivity index (χ2v) is 5.67. The summed E-state index contributed by atoms with van der Waals surface area (Å²) < 4.78 is 5.73. The normalized spacial score (nSPS) is 28.0. The van der Waals surface area contributed by atoms with Crippen LogP contribution in [0.2, 0.25) is 0 Å².